The SMILES string of the molecule is Cc1ccc(-c2cc(-c3cccnc3)n[nH]2)nc1. The predicted octanol–water partition coefficient (Wildman–Crippen LogP) is 2.84. The molecule has 0 atom stereocenters. The lowest BCUT2D eigenvalue weighted by Crippen LogP contribution is -1.83. The first-order valence-corrected chi connectivity index (χ1v) is 5.72. The largest absolute Gasteiger partial charge is 0.276 e. The molecule has 0 spiro atoms. The molecule has 0 aromatic carbocycles. The molecule has 18 heavy (non-hydrogen) atoms. The number of aromatic amines is 1. The maximum absolute atomic E-state index is 4.37. The van der Waals surface area contributed by atoms with Gasteiger partial charge in [0.15, 0.2) is 0 Å². The first-order valence-electron chi connectivity index (χ1n) is 5.72. The molecule has 0 radical (unpaired) electrons. The lowest BCUT2D eigenvalue weighted by Gasteiger charge is -1.96. The van der Waals surface area contributed by atoms with Gasteiger partial charge in [0.1, 0.15) is 0 Å². The van der Waals surface area contributed by atoms with Gasteiger partial charge in [0.05, 0.1) is 17.1 Å². The Hall–Kier alpha value is -2.49. The highest BCUT2D eigenvalue weighted by atomic mass is 15.1. The van der Waals surface area contributed by atoms with E-state index in [0.29, 0.717) is 0 Å². The number of rotatable bonds is 2. The van der Waals surface area contributed by atoms with Crippen molar-refractivity contribution in [2.45, 2.75) is 6.92 Å². The van der Waals surface area contributed by atoms with E-state index in [0.717, 1.165) is 28.2 Å². The average Bonchev–Trinajstić information content (AvgIpc) is 2.90. The molecule has 3 rings (SSSR count). The molecule has 0 fully saturated rings. The van der Waals surface area contributed by atoms with Gasteiger partial charge < -0.3 is 0 Å². The van der Waals surface area contributed by atoms with E-state index in [1.54, 1.807) is 12.4 Å². The number of aromatic nitrogens is 4. The Morgan fingerprint density at radius 3 is 2.72 bits per heavy atom. The first kappa shape index (κ1) is 10.7. The summed E-state index contributed by atoms with van der Waals surface area (Å²) in [4.78, 5) is 8.45. The second-order valence-corrected chi connectivity index (χ2v) is 4.13. The summed E-state index contributed by atoms with van der Waals surface area (Å²) in [6.45, 7) is 2.02. The van der Waals surface area contributed by atoms with Crippen molar-refractivity contribution in [3.63, 3.8) is 0 Å². The van der Waals surface area contributed by atoms with Crippen LogP contribution in [-0.2, 0) is 0 Å². The van der Waals surface area contributed by atoms with Crippen LogP contribution >= 0.6 is 0 Å². The Morgan fingerprint density at radius 1 is 1.06 bits per heavy atom. The van der Waals surface area contributed by atoms with Crippen molar-refractivity contribution in [3.8, 4) is 22.6 Å². The van der Waals surface area contributed by atoms with E-state index in [1.165, 1.54) is 0 Å². The summed E-state index contributed by atoms with van der Waals surface area (Å²) >= 11 is 0. The molecule has 88 valence electrons. The number of aryl methyl sites for hydroxylation is 1. The summed E-state index contributed by atoms with van der Waals surface area (Å²) < 4.78 is 0. The zero-order valence-electron chi connectivity index (χ0n) is 9.96. The average molecular weight is 236 g/mol. The van der Waals surface area contributed by atoms with Crippen LogP contribution in [0.15, 0.2) is 48.9 Å². The first-order chi connectivity index (χ1) is 8.83. The van der Waals surface area contributed by atoms with Gasteiger partial charge in [0, 0.05) is 24.2 Å². The third-order valence-electron chi connectivity index (χ3n) is 2.72. The minimum absolute atomic E-state index is 0.875. The minimum atomic E-state index is 0.875. The number of nitrogens with one attached hydrogen (secondary N) is 1. The number of hydrogen-bond acceptors (Lipinski definition) is 3. The quantitative estimate of drug-likeness (QED) is 0.744. The predicted molar refractivity (Wildman–Crippen MR) is 69.8 cm³/mol. The molecule has 4 heteroatoms. The standard InChI is InChI=1S/C14H12N4/c1-10-4-5-12(16-8-10)14-7-13(17-18-14)11-3-2-6-15-9-11/h2-9H,1H3,(H,17,18). The fourth-order valence-electron chi connectivity index (χ4n) is 1.74. The number of nitrogens with zero attached hydrogens (tertiary/aromatic N) is 3. The molecule has 3 heterocycles. The molecule has 0 aliphatic heterocycles. The highest BCUT2D eigenvalue weighted by molar-refractivity contribution is 5.65. The monoisotopic (exact) mass is 236 g/mol. The van der Waals surface area contributed by atoms with Crippen molar-refractivity contribution in [1.82, 2.24) is 20.2 Å². The second-order valence-electron chi connectivity index (χ2n) is 4.13. The molecule has 0 amide bonds. The van der Waals surface area contributed by atoms with Gasteiger partial charge in [-0.15, -0.1) is 0 Å². The van der Waals surface area contributed by atoms with Gasteiger partial charge >= 0.3 is 0 Å². The van der Waals surface area contributed by atoms with Crippen LogP contribution in [0, 0.1) is 6.92 Å². The van der Waals surface area contributed by atoms with Gasteiger partial charge in [-0.3, -0.25) is 15.1 Å². The van der Waals surface area contributed by atoms with Crippen molar-refractivity contribution in [3.05, 3.63) is 54.5 Å². The summed E-state index contributed by atoms with van der Waals surface area (Å²) in [6.07, 6.45) is 5.39. The summed E-state index contributed by atoms with van der Waals surface area (Å²) in [5.41, 5.74) is 4.82. The van der Waals surface area contributed by atoms with E-state index >= 15 is 0 Å². The highest BCUT2D eigenvalue weighted by Crippen LogP contribution is 2.21. The maximum atomic E-state index is 4.37. The van der Waals surface area contributed by atoms with Crippen LogP contribution in [0.4, 0.5) is 0 Å². The Bertz CT molecular complexity index is 641. The van der Waals surface area contributed by atoms with E-state index in [4.69, 9.17) is 0 Å². The van der Waals surface area contributed by atoms with Gasteiger partial charge in [-0.05, 0) is 36.8 Å². The lowest BCUT2D eigenvalue weighted by atomic mass is 10.2. The zero-order valence-corrected chi connectivity index (χ0v) is 9.96. The molecule has 0 saturated heterocycles. The van der Waals surface area contributed by atoms with E-state index in [9.17, 15) is 0 Å². The second kappa shape index (κ2) is 4.41. The van der Waals surface area contributed by atoms with Crippen LogP contribution in [-0.4, -0.2) is 20.2 Å². The topological polar surface area (TPSA) is 54.5 Å². The van der Waals surface area contributed by atoms with Crippen LogP contribution in [0.2, 0.25) is 0 Å². The Morgan fingerprint density at radius 2 is 2.00 bits per heavy atom. The van der Waals surface area contributed by atoms with Crippen LogP contribution in [0.5, 0.6) is 0 Å². The molecule has 0 saturated carbocycles. The zero-order chi connectivity index (χ0) is 12.4. The summed E-state index contributed by atoms with van der Waals surface area (Å²) in [6, 6.07) is 9.88. The Kier molecular flexibility index (Phi) is 2.61. The van der Waals surface area contributed by atoms with Gasteiger partial charge in [0.25, 0.3) is 0 Å². The normalized spacial score (nSPS) is 10.5. The van der Waals surface area contributed by atoms with Crippen molar-refractivity contribution >= 4 is 0 Å². The molecule has 3 aromatic heterocycles. The van der Waals surface area contributed by atoms with E-state index in [2.05, 4.69) is 20.2 Å². The molecular weight excluding hydrogens is 224 g/mol. The minimum Gasteiger partial charge on any atom is -0.276 e. The highest BCUT2D eigenvalue weighted by Gasteiger charge is 2.06. The molecule has 0 unspecified atom stereocenters. The van der Waals surface area contributed by atoms with Gasteiger partial charge in [-0.2, -0.15) is 5.10 Å². The fourth-order valence-corrected chi connectivity index (χ4v) is 1.74. The van der Waals surface area contributed by atoms with Crippen LogP contribution in [0.1, 0.15) is 5.56 Å². The number of H-pyrrole nitrogens is 1. The van der Waals surface area contributed by atoms with Gasteiger partial charge in [0.2, 0.25) is 0 Å². The summed E-state index contributed by atoms with van der Waals surface area (Å²) in [5, 5.41) is 7.28. The number of pyridine rings is 2. The van der Waals surface area contributed by atoms with Crippen molar-refractivity contribution in [2.24, 2.45) is 0 Å². The Labute approximate surface area is 105 Å². The Balaban J connectivity index is 1.97. The lowest BCUT2D eigenvalue weighted by molar-refractivity contribution is 1.09. The van der Waals surface area contributed by atoms with Crippen molar-refractivity contribution in [1.29, 1.82) is 0 Å². The summed E-state index contributed by atoms with van der Waals surface area (Å²) in [7, 11) is 0. The number of hydrogen-bond donors (Lipinski definition) is 1. The third-order valence-corrected chi connectivity index (χ3v) is 2.72. The summed E-state index contributed by atoms with van der Waals surface area (Å²) in [5.74, 6) is 0. The van der Waals surface area contributed by atoms with Crippen LogP contribution in [0.25, 0.3) is 22.6 Å². The van der Waals surface area contributed by atoms with Crippen molar-refractivity contribution in [2.75, 3.05) is 0 Å². The third kappa shape index (κ3) is 2.00. The van der Waals surface area contributed by atoms with Gasteiger partial charge in [-0.1, -0.05) is 6.07 Å². The van der Waals surface area contributed by atoms with Crippen LogP contribution in [0.3, 0.4) is 0 Å². The van der Waals surface area contributed by atoms with Gasteiger partial charge in [-0.25, -0.2) is 0 Å². The molecule has 0 aliphatic rings. The molecule has 0 bridgehead atoms. The van der Waals surface area contributed by atoms with E-state index in [-0.39, 0.29) is 0 Å². The molecule has 1 N–H and O–H groups in total. The van der Waals surface area contributed by atoms with Crippen molar-refractivity contribution < 1.29 is 0 Å². The maximum Gasteiger partial charge on any atom is 0.0943 e. The van der Waals surface area contributed by atoms with E-state index < -0.39 is 0 Å². The van der Waals surface area contributed by atoms with E-state index in [1.807, 2.05) is 43.5 Å². The molecule has 3 aromatic rings. The smallest absolute Gasteiger partial charge is 0.0943 e. The fraction of sp³-hybridized carbons (Fsp3) is 0.0714. The molecule has 0 aliphatic carbocycles. The molecular formula is C14H12N4. The van der Waals surface area contributed by atoms with Crippen LogP contribution < -0.4 is 0 Å². The molecule has 4 nitrogen and oxygen atoms in total.